The first-order chi connectivity index (χ1) is 13.0. The van der Waals surface area contributed by atoms with Gasteiger partial charge < -0.3 is 9.47 Å². The highest BCUT2D eigenvalue weighted by molar-refractivity contribution is 6.08. The summed E-state index contributed by atoms with van der Waals surface area (Å²) in [6.07, 6.45) is 3.30. The normalized spacial score (nSPS) is 11.0. The maximum atomic E-state index is 12.8. The molecule has 0 aliphatic rings. The molecule has 0 aliphatic carbocycles. The van der Waals surface area contributed by atoms with Gasteiger partial charge in [0.15, 0.2) is 5.78 Å². The summed E-state index contributed by atoms with van der Waals surface area (Å²) in [4.78, 5) is 12.8. The van der Waals surface area contributed by atoms with E-state index in [9.17, 15) is 4.79 Å². The van der Waals surface area contributed by atoms with Crippen molar-refractivity contribution in [2.45, 2.75) is 13.8 Å². The first-order valence-corrected chi connectivity index (χ1v) is 8.61. The summed E-state index contributed by atoms with van der Waals surface area (Å²) in [6, 6.07) is 15.2. The number of ether oxygens (including phenoxy) is 2. The number of carbonyl (C=O) groups excluding carboxylic acids is 1. The molecule has 0 fully saturated rings. The molecule has 0 saturated carbocycles. The van der Waals surface area contributed by atoms with Gasteiger partial charge in [-0.15, -0.1) is 0 Å². The van der Waals surface area contributed by atoms with Gasteiger partial charge in [0.05, 0.1) is 36.9 Å². The van der Waals surface area contributed by atoms with Crippen LogP contribution in [0.1, 0.15) is 27.3 Å². The Morgan fingerprint density at radius 3 is 2.44 bits per heavy atom. The molecule has 3 aromatic rings. The van der Waals surface area contributed by atoms with Gasteiger partial charge in [0.25, 0.3) is 0 Å². The van der Waals surface area contributed by atoms with E-state index in [1.54, 1.807) is 37.1 Å². The first-order valence-electron chi connectivity index (χ1n) is 8.61. The van der Waals surface area contributed by atoms with Crippen molar-refractivity contribution in [3.63, 3.8) is 0 Å². The highest BCUT2D eigenvalue weighted by atomic mass is 16.5. The summed E-state index contributed by atoms with van der Waals surface area (Å²) < 4.78 is 12.4. The summed E-state index contributed by atoms with van der Waals surface area (Å²) in [6.45, 7) is 3.75. The molecule has 0 aliphatic heterocycles. The Kier molecular flexibility index (Phi) is 5.41. The van der Waals surface area contributed by atoms with Crippen LogP contribution >= 0.6 is 0 Å². The lowest BCUT2D eigenvalue weighted by Gasteiger charge is -2.07. The number of carbonyl (C=O) groups is 1. The van der Waals surface area contributed by atoms with Crippen LogP contribution in [0.25, 0.3) is 11.8 Å². The fraction of sp³-hybridized carbons (Fsp3) is 0.182. The van der Waals surface area contributed by atoms with E-state index in [0.29, 0.717) is 22.8 Å². The number of rotatable bonds is 6. The molecule has 3 rings (SSSR count). The zero-order valence-electron chi connectivity index (χ0n) is 15.9. The lowest BCUT2D eigenvalue weighted by atomic mass is 10.1. The van der Waals surface area contributed by atoms with Crippen molar-refractivity contribution in [2.24, 2.45) is 0 Å². The lowest BCUT2D eigenvalue weighted by Crippen LogP contribution is -2.01. The van der Waals surface area contributed by atoms with E-state index in [-0.39, 0.29) is 5.78 Å². The van der Waals surface area contributed by atoms with Gasteiger partial charge in [-0.25, -0.2) is 4.68 Å². The minimum atomic E-state index is -0.0925. The predicted molar refractivity (Wildman–Crippen MR) is 106 cm³/mol. The van der Waals surface area contributed by atoms with Crippen LogP contribution in [-0.2, 0) is 0 Å². The number of hydrogen-bond acceptors (Lipinski definition) is 4. The molecule has 138 valence electrons. The van der Waals surface area contributed by atoms with E-state index in [0.717, 1.165) is 16.9 Å². The average Bonchev–Trinajstić information content (AvgIpc) is 3.00. The largest absolute Gasteiger partial charge is 0.497 e. The van der Waals surface area contributed by atoms with Crippen molar-refractivity contribution in [1.29, 1.82) is 0 Å². The van der Waals surface area contributed by atoms with Crippen molar-refractivity contribution >= 4 is 11.9 Å². The van der Waals surface area contributed by atoms with Gasteiger partial charge in [0, 0.05) is 11.6 Å². The van der Waals surface area contributed by atoms with Crippen LogP contribution in [0.3, 0.4) is 0 Å². The molecular weight excluding hydrogens is 340 g/mol. The molecule has 5 nitrogen and oxygen atoms in total. The monoisotopic (exact) mass is 362 g/mol. The number of benzene rings is 2. The Hall–Kier alpha value is -3.34. The minimum Gasteiger partial charge on any atom is -0.497 e. The maximum absolute atomic E-state index is 12.8. The van der Waals surface area contributed by atoms with Crippen LogP contribution in [-0.4, -0.2) is 29.8 Å². The lowest BCUT2D eigenvalue weighted by molar-refractivity contribution is 0.104. The van der Waals surface area contributed by atoms with Crippen LogP contribution < -0.4 is 9.47 Å². The number of ketones is 1. The third-order valence-electron chi connectivity index (χ3n) is 4.39. The van der Waals surface area contributed by atoms with Gasteiger partial charge in [0.2, 0.25) is 0 Å². The minimum absolute atomic E-state index is 0.0925. The topological polar surface area (TPSA) is 53.3 Å². The van der Waals surface area contributed by atoms with Crippen LogP contribution in [0.2, 0.25) is 0 Å². The number of nitrogens with zero attached hydrogens (tertiary/aromatic N) is 2. The zero-order valence-corrected chi connectivity index (χ0v) is 15.9. The highest BCUT2D eigenvalue weighted by Gasteiger charge is 2.17. The molecule has 5 heteroatoms. The van der Waals surface area contributed by atoms with E-state index in [1.807, 2.05) is 56.3 Å². The molecule has 0 unspecified atom stereocenters. The third kappa shape index (κ3) is 3.77. The molecule has 0 saturated heterocycles. The second kappa shape index (κ2) is 7.91. The molecule has 1 aromatic heterocycles. The second-order valence-electron chi connectivity index (χ2n) is 6.10. The van der Waals surface area contributed by atoms with Gasteiger partial charge in [-0.1, -0.05) is 18.2 Å². The molecule has 27 heavy (non-hydrogen) atoms. The van der Waals surface area contributed by atoms with E-state index < -0.39 is 0 Å². The number of aromatic nitrogens is 2. The first kappa shape index (κ1) is 18.5. The summed E-state index contributed by atoms with van der Waals surface area (Å²) >= 11 is 0. The van der Waals surface area contributed by atoms with Crippen molar-refractivity contribution in [1.82, 2.24) is 9.78 Å². The second-order valence-corrected chi connectivity index (χ2v) is 6.10. The Labute approximate surface area is 158 Å². The quantitative estimate of drug-likeness (QED) is 0.482. The highest BCUT2D eigenvalue weighted by Crippen LogP contribution is 2.26. The molecule has 0 N–H and O–H groups in total. The van der Waals surface area contributed by atoms with Gasteiger partial charge in [0.1, 0.15) is 11.5 Å². The Morgan fingerprint density at radius 2 is 1.78 bits per heavy atom. The smallest absolute Gasteiger partial charge is 0.189 e. The van der Waals surface area contributed by atoms with E-state index in [4.69, 9.17) is 9.47 Å². The van der Waals surface area contributed by atoms with Crippen LogP contribution in [0.4, 0.5) is 0 Å². The van der Waals surface area contributed by atoms with Gasteiger partial charge in [-0.2, -0.15) is 5.10 Å². The summed E-state index contributed by atoms with van der Waals surface area (Å²) in [5.74, 6) is 1.25. The van der Waals surface area contributed by atoms with Crippen molar-refractivity contribution in [3.8, 4) is 17.2 Å². The standard InChI is InChI=1S/C22H22N2O3/c1-15-22(16(2)24(23-15)18-8-6-5-7-9-18)20(25)13-11-17-10-12-19(26-3)14-21(17)27-4/h5-14H,1-4H3. The summed E-state index contributed by atoms with van der Waals surface area (Å²) in [5, 5.41) is 4.53. The van der Waals surface area contributed by atoms with Gasteiger partial charge in [-0.3, -0.25) is 4.79 Å². The number of para-hydroxylation sites is 1. The number of methoxy groups -OCH3 is 2. The summed E-state index contributed by atoms with van der Waals surface area (Å²) in [7, 11) is 3.19. The van der Waals surface area contributed by atoms with E-state index >= 15 is 0 Å². The Morgan fingerprint density at radius 1 is 1.04 bits per heavy atom. The zero-order chi connectivity index (χ0) is 19.4. The van der Waals surface area contributed by atoms with Crippen molar-refractivity contribution in [3.05, 3.63) is 77.1 Å². The fourth-order valence-electron chi connectivity index (χ4n) is 3.02. The fourth-order valence-corrected chi connectivity index (χ4v) is 3.02. The number of aryl methyl sites for hydroxylation is 1. The molecule has 0 spiro atoms. The van der Waals surface area contributed by atoms with Crippen LogP contribution in [0.15, 0.2) is 54.6 Å². The van der Waals surface area contributed by atoms with E-state index in [2.05, 4.69) is 5.10 Å². The average molecular weight is 362 g/mol. The van der Waals surface area contributed by atoms with Gasteiger partial charge >= 0.3 is 0 Å². The van der Waals surface area contributed by atoms with Crippen molar-refractivity contribution < 1.29 is 14.3 Å². The predicted octanol–water partition coefficient (Wildman–Crippen LogP) is 4.40. The molecule has 0 bridgehead atoms. The third-order valence-corrected chi connectivity index (χ3v) is 4.39. The molecule has 0 amide bonds. The Bertz CT molecular complexity index is 988. The number of hydrogen-bond donors (Lipinski definition) is 0. The number of allylic oxidation sites excluding steroid dienone is 1. The molecular formula is C22H22N2O3. The summed E-state index contributed by atoms with van der Waals surface area (Å²) in [5.41, 5.74) is 3.86. The SMILES string of the molecule is COc1ccc(C=CC(=O)c2c(C)nn(-c3ccccc3)c2C)c(OC)c1. The molecule has 1 heterocycles. The molecule has 0 atom stereocenters. The van der Waals surface area contributed by atoms with Crippen LogP contribution in [0.5, 0.6) is 11.5 Å². The van der Waals surface area contributed by atoms with Crippen molar-refractivity contribution in [2.75, 3.05) is 14.2 Å². The maximum Gasteiger partial charge on any atom is 0.189 e. The Balaban J connectivity index is 1.91. The van der Waals surface area contributed by atoms with Crippen LogP contribution in [0, 0.1) is 13.8 Å². The molecule has 0 radical (unpaired) electrons. The van der Waals surface area contributed by atoms with E-state index in [1.165, 1.54) is 0 Å². The molecule has 2 aromatic carbocycles. The van der Waals surface area contributed by atoms with Gasteiger partial charge in [-0.05, 0) is 50.3 Å².